The molecular formula is C19H20N2O6. The van der Waals surface area contributed by atoms with Gasteiger partial charge >= 0.3 is 0 Å². The molecule has 2 aromatic rings. The van der Waals surface area contributed by atoms with E-state index in [-0.39, 0.29) is 12.3 Å². The Hall–Kier alpha value is -3.42. The van der Waals surface area contributed by atoms with Crippen LogP contribution < -0.4 is 29.8 Å². The van der Waals surface area contributed by atoms with Crippen LogP contribution in [-0.2, 0) is 11.2 Å². The topological polar surface area (TPSA) is 95.1 Å². The van der Waals surface area contributed by atoms with Crippen LogP contribution >= 0.6 is 0 Å². The van der Waals surface area contributed by atoms with Gasteiger partial charge in [0.2, 0.25) is 5.91 Å². The summed E-state index contributed by atoms with van der Waals surface area (Å²) < 4.78 is 21.2. The number of hydrogen-bond donors (Lipinski definition) is 2. The van der Waals surface area contributed by atoms with E-state index in [0.29, 0.717) is 41.8 Å². The van der Waals surface area contributed by atoms with Gasteiger partial charge < -0.3 is 18.9 Å². The van der Waals surface area contributed by atoms with E-state index in [1.807, 2.05) is 0 Å². The second-order valence-electron chi connectivity index (χ2n) is 5.73. The highest BCUT2D eigenvalue weighted by Crippen LogP contribution is 2.31. The molecule has 0 bridgehead atoms. The molecule has 0 atom stereocenters. The molecule has 2 amide bonds. The van der Waals surface area contributed by atoms with Crippen LogP contribution in [0.2, 0.25) is 0 Å². The lowest BCUT2D eigenvalue weighted by atomic mass is 10.1. The van der Waals surface area contributed by atoms with E-state index in [4.69, 9.17) is 18.9 Å². The predicted octanol–water partition coefficient (Wildman–Crippen LogP) is 1.48. The van der Waals surface area contributed by atoms with Crippen LogP contribution in [0.15, 0.2) is 36.4 Å². The van der Waals surface area contributed by atoms with Gasteiger partial charge in [0.05, 0.1) is 20.6 Å². The van der Waals surface area contributed by atoms with Gasteiger partial charge in [-0.1, -0.05) is 6.07 Å². The molecule has 8 heteroatoms. The third-order valence-electron chi connectivity index (χ3n) is 3.93. The van der Waals surface area contributed by atoms with Crippen molar-refractivity contribution in [3.63, 3.8) is 0 Å². The molecule has 1 heterocycles. The first-order chi connectivity index (χ1) is 13.1. The smallest absolute Gasteiger partial charge is 0.269 e. The minimum Gasteiger partial charge on any atom is -0.493 e. The number of amides is 2. The second-order valence-corrected chi connectivity index (χ2v) is 5.73. The first-order valence-corrected chi connectivity index (χ1v) is 8.30. The van der Waals surface area contributed by atoms with Crippen LogP contribution in [0.5, 0.6) is 23.0 Å². The Bertz CT molecular complexity index is 852. The summed E-state index contributed by atoms with van der Waals surface area (Å²) in [4.78, 5) is 24.3. The standard InChI is InChI=1S/C19H20N2O6/c1-24-14-6-4-13(11-16(14)25-2)19(23)21-20-18(22)10-12-3-5-15-17(9-12)27-8-7-26-15/h3-6,9,11H,7-8,10H2,1-2H3,(H,20,22)(H,21,23). The van der Waals surface area contributed by atoms with Gasteiger partial charge in [0.15, 0.2) is 23.0 Å². The van der Waals surface area contributed by atoms with Crippen LogP contribution in [0.25, 0.3) is 0 Å². The number of methoxy groups -OCH3 is 2. The highest BCUT2D eigenvalue weighted by Gasteiger charge is 2.14. The van der Waals surface area contributed by atoms with Crippen LogP contribution in [0.3, 0.4) is 0 Å². The van der Waals surface area contributed by atoms with Crippen molar-refractivity contribution in [1.29, 1.82) is 0 Å². The van der Waals surface area contributed by atoms with Gasteiger partial charge in [-0.25, -0.2) is 0 Å². The van der Waals surface area contributed by atoms with Crippen molar-refractivity contribution in [1.82, 2.24) is 10.9 Å². The van der Waals surface area contributed by atoms with E-state index >= 15 is 0 Å². The number of rotatable bonds is 5. The van der Waals surface area contributed by atoms with E-state index in [1.165, 1.54) is 20.3 Å². The third-order valence-corrected chi connectivity index (χ3v) is 3.93. The summed E-state index contributed by atoms with van der Waals surface area (Å²) >= 11 is 0. The fourth-order valence-corrected chi connectivity index (χ4v) is 2.60. The van der Waals surface area contributed by atoms with Gasteiger partial charge in [-0.2, -0.15) is 0 Å². The van der Waals surface area contributed by atoms with Gasteiger partial charge in [0.1, 0.15) is 13.2 Å². The van der Waals surface area contributed by atoms with Crippen LogP contribution in [-0.4, -0.2) is 39.2 Å². The molecule has 0 fully saturated rings. The second kappa shape index (κ2) is 8.31. The molecule has 1 aliphatic rings. The molecule has 0 aliphatic carbocycles. The van der Waals surface area contributed by atoms with Crippen molar-refractivity contribution in [2.75, 3.05) is 27.4 Å². The van der Waals surface area contributed by atoms with E-state index in [1.54, 1.807) is 30.3 Å². The molecule has 0 spiro atoms. The Kier molecular flexibility index (Phi) is 5.65. The van der Waals surface area contributed by atoms with E-state index in [9.17, 15) is 9.59 Å². The average Bonchev–Trinajstić information content (AvgIpc) is 2.71. The molecule has 2 N–H and O–H groups in total. The molecule has 0 aromatic heterocycles. The Morgan fingerprint density at radius 1 is 0.926 bits per heavy atom. The lowest BCUT2D eigenvalue weighted by Crippen LogP contribution is -2.42. The molecule has 0 saturated carbocycles. The predicted molar refractivity (Wildman–Crippen MR) is 96.3 cm³/mol. The number of nitrogens with one attached hydrogen (secondary N) is 2. The fraction of sp³-hybridized carbons (Fsp3) is 0.263. The summed E-state index contributed by atoms with van der Waals surface area (Å²) in [5.74, 6) is 1.38. The summed E-state index contributed by atoms with van der Waals surface area (Å²) in [5, 5.41) is 0. The van der Waals surface area contributed by atoms with E-state index in [2.05, 4.69) is 10.9 Å². The average molecular weight is 372 g/mol. The lowest BCUT2D eigenvalue weighted by Gasteiger charge is -2.18. The molecule has 0 saturated heterocycles. The first-order valence-electron chi connectivity index (χ1n) is 8.30. The molecule has 27 heavy (non-hydrogen) atoms. The van der Waals surface area contributed by atoms with Crippen LogP contribution in [0.1, 0.15) is 15.9 Å². The van der Waals surface area contributed by atoms with Crippen LogP contribution in [0, 0.1) is 0 Å². The minimum atomic E-state index is -0.466. The SMILES string of the molecule is COc1ccc(C(=O)NNC(=O)Cc2ccc3c(c2)OCCO3)cc1OC. The highest BCUT2D eigenvalue weighted by molar-refractivity contribution is 5.96. The molecule has 0 radical (unpaired) electrons. The monoisotopic (exact) mass is 372 g/mol. The molecule has 142 valence electrons. The number of carbonyl (C=O) groups excluding carboxylic acids is 2. The lowest BCUT2D eigenvalue weighted by molar-refractivity contribution is -0.121. The summed E-state index contributed by atoms with van der Waals surface area (Å²) in [5.41, 5.74) is 5.85. The fourth-order valence-electron chi connectivity index (χ4n) is 2.60. The summed E-state index contributed by atoms with van der Waals surface area (Å²) in [6, 6.07) is 10.0. The maximum Gasteiger partial charge on any atom is 0.269 e. The van der Waals surface area contributed by atoms with Gasteiger partial charge in [0, 0.05) is 5.56 Å². The summed E-state index contributed by atoms with van der Waals surface area (Å²) in [6.45, 7) is 0.985. The Balaban J connectivity index is 1.56. The largest absolute Gasteiger partial charge is 0.493 e. The quantitative estimate of drug-likeness (QED) is 0.772. The summed E-state index contributed by atoms with van der Waals surface area (Å²) in [7, 11) is 2.99. The molecule has 8 nitrogen and oxygen atoms in total. The van der Waals surface area contributed by atoms with Gasteiger partial charge in [-0.15, -0.1) is 0 Å². The number of ether oxygens (including phenoxy) is 4. The first kappa shape index (κ1) is 18.4. The van der Waals surface area contributed by atoms with Crippen molar-refractivity contribution in [3.8, 4) is 23.0 Å². The number of hydrazine groups is 1. The summed E-state index contributed by atoms with van der Waals surface area (Å²) in [6.07, 6.45) is 0.0862. The Morgan fingerprint density at radius 2 is 1.67 bits per heavy atom. The van der Waals surface area contributed by atoms with Crippen LogP contribution in [0.4, 0.5) is 0 Å². The Morgan fingerprint density at radius 3 is 2.41 bits per heavy atom. The third kappa shape index (κ3) is 4.41. The number of carbonyl (C=O) groups is 2. The van der Waals surface area contributed by atoms with Crippen molar-refractivity contribution < 1.29 is 28.5 Å². The van der Waals surface area contributed by atoms with Gasteiger partial charge in [-0.3, -0.25) is 20.4 Å². The molecule has 3 rings (SSSR count). The van der Waals surface area contributed by atoms with E-state index < -0.39 is 5.91 Å². The van der Waals surface area contributed by atoms with Crippen molar-refractivity contribution >= 4 is 11.8 Å². The van der Waals surface area contributed by atoms with Crippen molar-refractivity contribution in [3.05, 3.63) is 47.5 Å². The zero-order valence-corrected chi connectivity index (χ0v) is 15.0. The Labute approximate surface area is 156 Å². The van der Waals surface area contributed by atoms with Crippen molar-refractivity contribution in [2.24, 2.45) is 0 Å². The minimum absolute atomic E-state index is 0.0862. The molecule has 2 aromatic carbocycles. The maximum absolute atomic E-state index is 12.2. The molecule has 1 aliphatic heterocycles. The highest BCUT2D eigenvalue weighted by atomic mass is 16.6. The normalized spacial score (nSPS) is 12.1. The van der Waals surface area contributed by atoms with Gasteiger partial charge in [-0.05, 0) is 35.9 Å². The maximum atomic E-state index is 12.2. The van der Waals surface area contributed by atoms with Crippen molar-refractivity contribution in [2.45, 2.75) is 6.42 Å². The molecule has 0 unspecified atom stereocenters. The zero-order chi connectivity index (χ0) is 19.2. The van der Waals surface area contributed by atoms with Gasteiger partial charge in [0.25, 0.3) is 5.91 Å². The number of fused-ring (bicyclic) bond motifs is 1. The number of benzene rings is 2. The molecular weight excluding hydrogens is 352 g/mol. The number of hydrogen-bond acceptors (Lipinski definition) is 6. The zero-order valence-electron chi connectivity index (χ0n) is 15.0. The van der Waals surface area contributed by atoms with E-state index in [0.717, 1.165) is 5.56 Å².